The van der Waals surface area contributed by atoms with Crippen LogP contribution in [0, 0.1) is 13.8 Å². The molecule has 0 aliphatic heterocycles. The number of hydrogen-bond acceptors (Lipinski definition) is 6. The molecular weight excluding hydrogens is 414 g/mol. The second kappa shape index (κ2) is 9.36. The number of sulfonamides is 1. The lowest BCUT2D eigenvalue weighted by molar-refractivity contribution is 0.134. The largest absolute Gasteiger partial charge is 0.392 e. The molecule has 0 bridgehead atoms. The van der Waals surface area contributed by atoms with Crippen LogP contribution in [0.15, 0.2) is 58.3 Å². The Morgan fingerprint density at radius 1 is 0.862 bits per heavy atom. The van der Waals surface area contributed by atoms with Crippen LogP contribution >= 0.6 is 0 Å². The smallest absolute Gasteiger partial charge is 0.297 e. The van der Waals surface area contributed by atoms with Crippen molar-refractivity contribution in [3.8, 4) is 0 Å². The third-order valence-electron chi connectivity index (χ3n) is 4.34. The molecule has 0 amide bonds. The van der Waals surface area contributed by atoms with Gasteiger partial charge in [-0.3, -0.25) is 4.18 Å². The molecule has 0 spiro atoms. The first-order valence-electron chi connectivity index (χ1n) is 9.16. The summed E-state index contributed by atoms with van der Waals surface area (Å²) in [5.41, 5.74) is 1.82. The van der Waals surface area contributed by atoms with Gasteiger partial charge >= 0.3 is 0 Å². The molecule has 1 N–H and O–H groups in total. The molecule has 0 aliphatic rings. The number of aliphatic hydroxyl groups is 1. The van der Waals surface area contributed by atoms with Crippen LogP contribution in [0.25, 0.3) is 0 Å². The van der Waals surface area contributed by atoms with Crippen LogP contribution in [0.1, 0.15) is 25.0 Å². The molecule has 0 radical (unpaired) electrons. The number of aryl methyl sites for hydroxylation is 2. The highest BCUT2D eigenvalue weighted by Gasteiger charge is 2.31. The predicted octanol–water partition coefficient (Wildman–Crippen LogP) is 2.47. The number of rotatable bonds is 9. The summed E-state index contributed by atoms with van der Waals surface area (Å²) in [4.78, 5) is 0.0655. The van der Waals surface area contributed by atoms with Crippen LogP contribution in [0.5, 0.6) is 0 Å². The molecular formula is C20H27NO6S2. The molecule has 2 rings (SSSR count). The van der Waals surface area contributed by atoms with Crippen molar-refractivity contribution in [2.45, 2.75) is 49.6 Å². The molecule has 29 heavy (non-hydrogen) atoms. The van der Waals surface area contributed by atoms with Gasteiger partial charge in [0.15, 0.2) is 0 Å². The lowest BCUT2D eigenvalue weighted by atomic mass is 10.2. The summed E-state index contributed by atoms with van der Waals surface area (Å²) in [5, 5.41) is 9.79. The number of benzene rings is 2. The molecule has 9 heteroatoms. The van der Waals surface area contributed by atoms with Crippen molar-refractivity contribution >= 4 is 20.1 Å². The molecule has 7 nitrogen and oxygen atoms in total. The average Bonchev–Trinajstić information content (AvgIpc) is 2.65. The lowest BCUT2D eigenvalue weighted by Gasteiger charge is -2.29. The second-order valence-corrected chi connectivity index (χ2v) is 10.6. The van der Waals surface area contributed by atoms with Gasteiger partial charge in [0.25, 0.3) is 10.1 Å². The molecule has 2 aromatic rings. The monoisotopic (exact) mass is 441 g/mol. The molecule has 0 heterocycles. The van der Waals surface area contributed by atoms with Gasteiger partial charge in [0.2, 0.25) is 10.0 Å². The van der Waals surface area contributed by atoms with Crippen molar-refractivity contribution in [2.75, 3.05) is 13.2 Å². The van der Waals surface area contributed by atoms with Crippen molar-refractivity contribution < 1.29 is 26.1 Å². The minimum absolute atomic E-state index is 0.00114. The Labute approximate surface area is 173 Å². The molecule has 2 aromatic carbocycles. The molecule has 0 aromatic heterocycles. The first kappa shape index (κ1) is 23.5. The van der Waals surface area contributed by atoms with E-state index in [-0.39, 0.29) is 22.9 Å². The third-order valence-corrected chi connectivity index (χ3v) is 7.63. The summed E-state index contributed by atoms with van der Waals surface area (Å²) in [6.07, 6.45) is -0.939. The first-order valence-corrected chi connectivity index (χ1v) is 12.0. The summed E-state index contributed by atoms with van der Waals surface area (Å²) in [5.74, 6) is 0. The third kappa shape index (κ3) is 6.10. The Balaban J connectivity index is 2.23. The quantitative estimate of drug-likeness (QED) is 0.600. The Bertz CT molecular complexity index is 1010. The fourth-order valence-electron chi connectivity index (χ4n) is 2.67. The summed E-state index contributed by atoms with van der Waals surface area (Å²) in [7, 11) is -7.99. The highest BCUT2D eigenvalue weighted by Crippen LogP contribution is 2.21. The van der Waals surface area contributed by atoms with Gasteiger partial charge in [0, 0.05) is 12.6 Å². The normalized spacial score (nSPS) is 14.7. The average molecular weight is 442 g/mol. The van der Waals surface area contributed by atoms with Crippen LogP contribution in [0.4, 0.5) is 0 Å². The summed E-state index contributed by atoms with van der Waals surface area (Å²) >= 11 is 0. The first-order chi connectivity index (χ1) is 13.4. The predicted molar refractivity (Wildman–Crippen MR) is 111 cm³/mol. The van der Waals surface area contributed by atoms with Gasteiger partial charge < -0.3 is 5.11 Å². The van der Waals surface area contributed by atoms with Crippen molar-refractivity contribution in [1.82, 2.24) is 4.31 Å². The summed E-state index contributed by atoms with van der Waals surface area (Å²) in [6, 6.07) is 11.7. The topological polar surface area (TPSA) is 101 Å². The minimum atomic E-state index is -4.03. The van der Waals surface area contributed by atoms with E-state index in [0.29, 0.717) is 0 Å². The van der Waals surface area contributed by atoms with Gasteiger partial charge in [-0.25, -0.2) is 8.42 Å². The van der Waals surface area contributed by atoms with Crippen LogP contribution in [-0.4, -0.2) is 51.5 Å². The van der Waals surface area contributed by atoms with E-state index in [0.717, 1.165) is 15.4 Å². The van der Waals surface area contributed by atoms with E-state index in [1.807, 2.05) is 13.8 Å². The SMILES string of the molecule is Cc1ccc(S(=O)(=O)OCC(C)N(CC(C)O)S(=O)(=O)c2ccc(C)cc2)cc1. The Morgan fingerprint density at radius 3 is 1.76 bits per heavy atom. The number of hydrogen-bond donors (Lipinski definition) is 1. The Hall–Kier alpha value is -1.78. The van der Waals surface area contributed by atoms with Crippen LogP contribution < -0.4 is 0 Å². The van der Waals surface area contributed by atoms with E-state index < -0.39 is 32.3 Å². The minimum Gasteiger partial charge on any atom is -0.392 e. The van der Waals surface area contributed by atoms with Crippen molar-refractivity contribution in [2.24, 2.45) is 0 Å². The van der Waals surface area contributed by atoms with Crippen LogP contribution in [-0.2, 0) is 24.3 Å². The fraction of sp³-hybridized carbons (Fsp3) is 0.400. The molecule has 2 unspecified atom stereocenters. The van der Waals surface area contributed by atoms with Gasteiger partial charge in [0.05, 0.1) is 22.5 Å². The highest BCUT2D eigenvalue weighted by molar-refractivity contribution is 7.89. The van der Waals surface area contributed by atoms with Gasteiger partial charge in [-0.05, 0) is 52.0 Å². The summed E-state index contributed by atoms with van der Waals surface area (Å²) < 4.78 is 57.1. The van der Waals surface area contributed by atoms with E-state index >= 15 is 0 Å². The maximum atomic E-state index is 13.1. The van der Waals surface area contributed by atoms with Crippen molar-refractivity contribution in [3.63, 3.8) is 0 Å². The summed E-state index contributed by atoms with van der Waals surface area (Å²) in [6.45, 7) is 6.12. The standard InChI is InChI=1S/C20H27NO6S2/c1-15-5-9-19(10-6-15)28(23,24)21(13-18(4)22)17(3)14-27-29(25,26)20-11-7-16(2)8-12-20/h5-12,17-18,22H,13-14H2,1-4H3. The highest BCUT2D eigenvalue weighted by atomic mass is 32.2. The molecule has 0 saturated carbocycles. The fourth-order valence-corrected chi connectivity index (χ4v) is 5.34. The van der Waals surface area contributed by atoms with E-state index in [4.69, 9.17) is 4.18 Å². The van der Waals surface area contributed by atoms with E-state index in [2.05, 4.69) is 0 Å². The van der Waals surface area contributed by atoms with Gasteiger partial charge in [0.1, 0.15) is 0 Å². The van der Waals surface area contributed by atoms with Gasteiger partial charge in [-0.1, -0.05) is 35.4 Å². The van der Waals surface area contributed by atoms with E-state index in [1.54, 1.807) is 31.2 Å². The van der Waals surface area contributed by atoms with E-state index in [1.165, 1.54) is 31.2 Å². The van der Waals surface area contributed by atoms with Crippen LogP contribution in [0.2, 0.25) is 0 Å². The molecule has 160 valence electrons. The second-order valence-electron chi connectivity index (χ2n) is 7.14. The van der Waals surface area contributed by atoms with E-state index in [9.17, 15) is 21.9 Å². The maximum Gasteiger partial charge on any atom is 0.297 e. The zero-order valence-corrected chi connectivity index (χ0v) is 18.6. The number of aliphatic hydroxyl groups excluding tert-OH is 1. The molecule has 0 aliphatic carbocycles. The Morgan fingerprint density at radius 2 is 1.31 bits per heavy atom. The zero-order chi connectivity index (χ0) is 21.8. The zero-order valence-electron chi connectivity index (χ0n) is 16.9. The van der Waals surface area contributed by atoms with Crippen LogP contribution in [0.3, 0.4) is 0 Å². The van der Waals surface area contributed by atoms with Gasteiger partial charge in [-0.15, -0.1) is 0 Å². The molecule has 2 atom stereocenters. The molecule has 0 fully saturated rings. The molecule has 0 saturated heterocycles. The van der Waals surface area contributed by atoms with Gasteiger partial charge in [-0.2, -0.15) is 12.7 Å². The Kier molecular flexibility index (Phi) is 7.58. The maximum absolute atomic E-state index is 13.1. The van der Waals surface area contributed by atoms with Crippen molar-refractivity contribution in [1.29, 1.82) is 0 Å². The number of nitrogens with zero attached hydrogens (tertiary/aromatic N) is 1. The lowest BCUT2D eigenvalue weighted by Crippen LogP contribution is -2.45. The van der Waals surface area contributed by atoms with Crippen molar-refractivity contribution in [3.05, 3.63) is 59.7 Å².